The highest BCUT2D eigenvalue weighted by Crippen LogP contribution is 2.68. The molecule has 4 nitrogen and oxygen atoms in total. The minimum Gasteiger partial charge on any atom is -0.497 e. The normalized spacial score (nSPS) is 37.1. The van der Waals surface area contributed by atoms with Crippen LogP contribution in [0.25, 0.3) is 0 Å². The molecule has 4 aliphatic carbocycles. The van der Waals surface area contributed by atoms with Crippen molar-refractivity contribution in [3.05, 3.63) is 71.3 Å². The van der Waals surface area contributed by atoms with Crippen molar-refractivity contribution >= 4 is 17.5 Å². The summed E-state index contributed by atoms with van der Waals surface area (Å²) in [5.41, 5.74) is 5.26. The van der Waals surface area contributed by atoms with E-state index in [9.17, 15) is 9.59 Å². The second-order valence-electron chi connectivity index (χ2n) is 11.7. The van der Waals surface area contributed by atoms with Crippen LogP contribution in [-0.2, 0) is 16.0 Å². The van der Waals surface area contributed by atoms with Gasteiger partial charge in [0.2, 0.25) is 11.8 Å². The van der Waals surface area contributed by atoms with Crippen LogP contribution in [0, 0.1) is 35.0 Å². The van der Waals surface area contributed by atoms with Gasteiger partial charge < -0.3 is 4.74 Å². The number of anilines is 1. The number of ether oxygens (including phenoxy) is 1. The van der Waals surface area contributed by atoms with Crippen molar-refractivity contribution in [1.82, 2.24) is 0 Å². The third kappa shape index (κ3) is 2.86. The first-order valence-corrected chi connectivity index (χ1v) is 13.3. The number of fused-ring (bicyclic) bond motifs is 9. The van der Waals surface area contributed by atoms with Crippen LogP contribution in [-0.4, -0.2) is 18.9 Å². The van der Waals surface area contributed by atoms with Crippen molar-refractivity contribution in [2.24, 2.45) is 35.0 Å². The Hall–Kier alpha value is -2.88. The van der Waals surface area contributed by atoms with Gasteiger partial charge in [0.1, 0.15) is 5.75 Å². The van der Waals surface area contributed by atoms with E-state index in [2.05, 4.69) is 31.2 Å². The average Bonchev–Trinajstić information content (AvgIpc) is 3.34. The molecular weight excluding hydrogens is 434 g/mol. The third-order valence-electron chi connectivity index (χ3n) is 10.4. The zero-order valence-electron chi connectivity index (χ0n) is 20.6. The van der Waals surface area contributed by atoms with Crippen LogP contribution in [0.15, 0.2) is 60.2 Å². The Balaban J connectivity index is 1.23. The number of methoxy groups -OCH3 is 1. The van der Waals surface area contributed by atoms with Gasteiger partial charge in [0.05, 0.1) is 24.6 Å². The standard InChI is InChI=1S/C31H33NO3/c1-31-15-14-23-22-13-10-21(35-2)16-18(22)8-11-24(23)26(31)17-19-9-12-25-27(28(19)31)30(34)32(29(25)33)20-6-4-3-5-7-20/h3-7,9-10,13,16,23-28H,8,11-12,14-15,17H2,1-2H3/t23-,24-,25?,26+,27?,28?,31+/m1/s1. The minimum atomic E-state index is -0.204. The van der Waals surface area contributed by atoms with Gasteiger partial charge in [-0.3, -0.25) is 14.5 Å². The fourth-order valence-corrected chi connectivity index (χ4v) is 8.94. The van der Waals surface area contributed by atoms with Gasteiger partial charge in [-0.1, -0.05) is 42.8 Å². The maximum atomic E-state index is 13.9. The number of benzene rings is 2. The van der Waals surface area contributed by atoms with E-state index in [1.54, 1.807) is 7.11 Å². The predicted octanol–water partition coefficient (Wildman–Crippen LogP) is 5.91. The Labute approximate surface area is 207 Å². The molecule has 3 fully saturated rings. The number of allylic oxidation sites excluding steroid dienone is 2. The average molecular weight is 468 g/mol. The molecule has 0 spiro atoms. The molecule has 3 unspecified atom stereocenters. The van der Waals surface area contributed by atoms with E-state index in [4.69, 9.17) is 4.74 Å². The van der Waals surface area contributed by atoms with Gasteiger partial charge in [-0.15, -0.1) is 0 Å². The summed E-state index contributed by atoms with van der Waals surface area (Å²) in [5.74, 6) is 2.62. The molecule has 180 valence electrons. The SMILES string of the molecule is COc1ccc2c(c1)CC[C@@H]1[C@@H]2CC[C@]2(C)C3C(=CCC4C(=O)N(c5ccccc5)C(=O)C43)C[C@@H]12. The van der Waals surface area contributed by atoms with E-state index in [1.807, 2.05) is 30.3 Å². The van der Waals surface area contributed by atoms with Crippen molar-refractivity contribution < 1.29 is 14.3 Å². The summed E-state index contributed by atoms with van der Waals surface area (Å²) in [6.07, 6.45) is 8.78. The number of amides is 2. The van der Waals surface area contributed by atoms with Crippen LogP contribution in [0.5, 0.6) is 5.75 Å². The Kier molecular flexibility index (Phi) is 4.62. The number of hydrogen-bond donors (Lipinski definition) is 0. The molecular formula is C31H33NO3. The molecule has 0 aromatic heterocycles. The molecule has 1 saturated heterocycles. The lowest BCUT2D eigenvalue weighted by Gasteiger charge is -2.52. The number of para-hydroxylation sites is 1. The number of carbonyl (C=O) groups excluding carboxylic acids is 2. The zero-order chi connectivity index (χ0) is 23.9. The Morgan fingerprint density at radius 3 is 2.63 bits per heavy atom. The highest BCUT2D eigenvalue weighted by atomic mass is 16.5. The fraction of sp³-hybridized carbons (Fsp3) is 0.484. The molecule has 7 rings (SSSR count). The van der Waals surface area contributed by atoms with E-state index >= 15 is 0 Å². The summed E-state index contributed by atoms with van der Waals surface area (Å²) in [6.45, 7) is 2.45. The Morgan fingerprint density at radius 1 is 1.00 bits per heavy atom. The minimum absolute atomic E-state index is 0.00257. The lowest BCUT2D eigenvalue weighted by molar-refractivity contribution is -0.124. The topological polar surface area (TPSA) is 46.6 Å². The molecule has 2 aromatic carbocycles. The molecule has 0 N–H and O–H groups in total. The molecule has 2 saturated carbocycles. The summed E-state index contributed by atoms with van der Waals surface area (Å²) in [6, 6.07) is 16.2. The van der Waals surface area contributed by atoms with Crippen LogP contribution in [0.1, 0.15) is 56.1 Å². The van der Waals surface area contributed by atoms with E-state index in [0.29, 0.717) is 24.2 Å². The predicted molar refractivity (Wildman–Crippen MR) is 135 cm³/mol. The van der Waals surface area contributed by atoms with Gasteiger partial charge in [0.15, 0.2) is 0 Å². The third-order valence-corrected chi connectivity index (χ3v) is 10.4. The summed E-state index contributed by atoms with van der Waals surface area (Å²) >= 11 is 0. The van der Waals surface area contributed by atoms with Crippen LogP contribution < -0.4 is 9.64 Å². The Morgan fingerprint density at radius 2 is 1.83 bits per heavy atom. The van der Waals surface area contributed by atoms with Gasteiger partial charge >= 0.3 is 0 Å². The highest BCUT2D eigenvalue weighted by molar-refractivity contribution is 6.22. The summed E-state index contributed by atoms with van der Waals surface area (Å²) in [5, 5.41) is 0. The largest absolute Gasteiger partial charge is 0.497 e. The molecule has 0 bridgehead atoms. The maximum Gasteiger partial charge on any atom is 0.238 e. The van der Waals surface area contributed by atoms with Crippen molar-refractivity contribution in [3.8, 4) is 5.75 Å². The fourth-order valence-electron chi connectivity index (χ4n) is 8.94. The molecule has 5 aliphatic rings. The van der Waals surface area contributed by atoms with Crippen molar-refractivity contribution in [1.29, 1.82) is 0 Å². The lowest BCUT2D eigenvalue weighted by atomic mass is 9.52. The maximum absolute atomic E-state index is 13.9. The second-order valence-corrected chi connectivity index (χ2v) is 11.7. The molecule has 1 aliphatic heterocycles. The van der Waals surface area contributed by atoms with E-state index < -0.39 is 0 Å². The summed E-state index contributed by atoms with van der Waals surface area (Å²) < 4.78 is 5.49. The van der Waals surface area contributed by atoms with Crippen molar-refractivity contribution in [3.63, 3.8) is 0 Å². The first-order valence-electron chi connectivity index (χ1n) is 13.3. The van der Waals surface area contributed by atoms with Crippen LogP contribution in [0.4, 0.5) is 5.69 Å². The highest BCUT2D eigenvalue weighted by Gasteiger charge is 2.64. The molecule has 0 radical (unpaired) electrons. The van der Waals surface area contributed by atoms with Gasteiger partial charge in [0.25, 0.3) is 0 Å². The lowest BCUT2D eigenvalue weighted by Crippen LogP contribution is -2.46. The summed E-state index contributed by atoms with van der Waals surface area (Å²) in [4.78, 5) is 28.9. The zero-order valence-corrected chi connectivity index (χ0v) is 20.6. The van der Waals surface area contributed by atoms with E-state index in [0.717, 1.165) is 30.7 Å². The number of rotatable bonds is 2. The first-order chi connectivity index (χ1) is 17.0. The first kappa shape index (κ1) is 21.4. The quantitative estimate of drug-likeness (QED) is 0.407. The van der Waals surface area contributed by atoms with E-state index in [1.165, 1.54) is 34.4 Å². The van der Waals surface area contributed by atoms with Gasteiger partial charge in [-0.2, -0.15) is 0 Å². The van der Waals surface area contributed by atoms with Crippen molar-refractivity contribution in [2.75, 3.05) is 12.0 Å². The smallest absolute Gasteiger partial charge is 0.238 e. The summed E-state index contributed by atoms with van der Waals surface area (Å²) in [7, 11) is 1.74. The van der Waals surface area contributed by atoms with Gasteiger partial charge in [-0.25, -0.2) is 0 Å². The molecule has 1 heterocycles. The van der Waals surface area contributed by atoms with Crippen LogP contribution in [0.3, 0.4) is 0 Å². The molecule has 4 heteroatoms. The van der Waals surface area contributed by atoms with Crippen molar-refractivity contribution in [2.45, 2.75) is 51.4 Å². The molecule has 35 heavy (non-hydrogen) atoms. The second kappa shape index (κ2) is 7.56. The molecule has 2 aromatic rings. The number of imide groups is 1. The number of aryl methyl sites for hydroxylation is 1. The number of carbonyl (C=O) groups is 2. The van der Waals surface area contributed by atoms with E-state index in [-0.39, 0.29) is 35.0 Å². The van der Waals surface area contributed by atoms with Gasteiger partial charge in [-0.05, 0) is 103 Å². The Bertz CT molecular complexity index is 1250. The van der Waals surface area contributed by atoms with Gasteiger partial charge in [0, 0.05) is 0 Å². The monoisotopic (exact) mass is 467 g/mol. The molecule has 2 amide bonds. The number of hydrogen-bond acceptors (Lipinski definition) is 3. The van der Waals surface area contributed by atoms with Crippen LogP contribution >= 0.6 is 0 Å². The number of nitrogens with zero attached hydrogens (tertiary/aromatic N) is 1. The van der Waals surface area contributed by atoms with Crippen LogP contribution in [0.2, 0.25) is 0 Å². The molecule has 7 atom stereocenters.